The second kappa shape index (κ2) is 5.27. The standard InChI is InChI=1S/C13H14F6O/c1-11(2,7-20)9-5-3-8(4-6-9)10(12(14,15)16)13(17,18)19/h3-6,10,20H,7H2,1-2H3. The molecule has 0 fully saturated rings. The van der Waals surface area contributed by atoms with Crippen molar-refractivity contribution in [2.24, 2.45) is 0 Å². The predicted octanol–water partition coefficient (Wildman–Crippen LogP) is 4.16. The molecule has 1 aromatic rings. The van der Waals surface area contributed by atoms with Crippen molar-refractivity contribution >= 4 is 0 Å². The van der Waals surface area contributed by atoms with E-state index in [1.54, 1.807) is 13.8 Å². The number of aliphatic hydroxyl groups excluding tert-OH is 1. The Bertz CT molecular complexity index is 429. The second-order valence-corrected chi connectivity index (χ2v) is 5.18. The number of alkyl halides is 6. The van der Waals surface area contributed by atoms with E-state index >= 15 is 0 Å². The van der Waals surface area contributed by atoms with Gasteiger partial charge in [-0.3, -0.25) is 0 Å². The maximum absolute atomic E-state index is 12.5. The molecule has 1 aromatic carbocycles. The lowest BCUT2D eigenvalue weighted by Crippen LogP contribution is -2.34. The van der Waals surface area contributed by atoms with Crippen molar-refractivity contribution in [1.82, 2.24) is 0 Å². The molecule has 1 rings (SSSR count). The predicted molar refractivity (Wildman–Crippen MR) is 61.4 cm³/mol. The van der Waals surface area contributed by atoms with Crippen LogP contribution in [0.1, 0.15) is 30.9 Å². The SMILES string of the molecule is CC(C)(CO)c1ccc(C(C(F)(F)F)C(F)(F)F)cc1. The third-order valence-corrected chi connectivity index (χ3v) is 3.08. The lowest BCUT2D eigenvalue weighted by molar-refractivity contribution is -0.253. The van der Waals surface area contributed by atoms with Gasteiger partial charge in [0.2, 0.25) is 0 Å². The molecule has 0 aliphatic carbocycles. The monoisotopic (exact) mass is 300 g/mol. The summed E-state index contributed by atoms with van der Waals surface area (Å²) >= 11 is 0. The lowest BCUT2D eigenvalue weighted by Gasteiger charge is -2.25. The van der Waals surface area contributed by atoms with Gasteiger partial charge < -0.3 is 5.11 Å². The van der Waals surface area contributed by atoms with Gasteiger partial charge in [0.25, 0.3) is 0 Å². The molecule has 0 atom stereocenters. The minimum Gasteiger partial charge on any atom is -0.395 e. The van der Waals surface area contributed by atoms with Crippen LogP contribution in [-0.2, 0) is 5.41 Å². The molecule has 0 unspecified atom stereocenters. The van der Waals surface area contributed by atoms with Gasteiger partial charge >= 0.3 is 12.4 Å². The van der Waals surface area contributed by atoms with Crippen LogP contribution in [0.2, 0.25) is 0 Å². The molecule has 1 N–H and O–H groups in total. The van der Waals surface area contributed by atoms with Crippen LogP contribution in [0, 0.1) is 0 Å². The van der Waals surface area contributed by atoms with Crippen molar-refractivity contribution in [3.63, 3.8) is 0 Å². The molecule has 0 amide bonds. The molecule has 0 spiro atoms. The maximum atomic E-state index is 12.5. The molecule has 0 heterocycles. The highest BCUT2D eigenvalue weighted by Crippen LogP contribution is 2.46. The third-order valence-electron chi connectivity index (χ3n) is 3.08. The van der Waals surface area contributed by atoms with Crippen LogP contribution in [0.4, 0.5) is 26.3 Å². The van der Waals surface area contributed by atoms with Gasteiger partial charge in [-0.05, 0) is 11.1 Å². The number of rotatable bonds is 3. The molecule has 7 heteroatoms. The third kappa shape index (κ3) is 3.65. The molecular weight excluding hydrogens is 286 g/mol. The van der Waals surface area contributed by atoms with Gasteiger partial charge in [-0.15, -0.1) is 0 Å². The Balaban J connectivity index is 3.20. The Hall–Kier alpha value is -1.24. The van der Waals surface area contributed by atoms with Crippen LogP contribution in [0.25, 0.3) is 0 Å². The van der Waals surface area contributed by atoms with Crippen LogP contribution in [0.15, 0.2) is 24.3 Å². The van der Waals surface area contributed by atoms with E-state index in [2.05, 4.69) is 0 Å². The Kier molecular flexibility index (Phi) is 4.43. The topological polar surface area (TPSA) is 20.2 Å². The summed E-state index contributed by atoms with van der Waals surface area (Å²) in [5.41, 5.74) is -1.13. The Morgan fingerprint density at radius 2 is 1.30 bits per heavy atom. The first kappa shape index (κ1) is 16.8. The first-order valence-corrected chi connectivity index (χ1v) is 5.74. The first-order valence-electron chi connectivity index (χ1n) is 5.74. The summed E-state index contributed by atoms with van der Waals surface area (Å²) in [5, 5.41) is 9.12. The van der Waals surface area contributed by atoms with Crippen molar-refractivity contribution < 1.29 is 31.4 Å². The summed E-state index contributed by atoms with van der Waals surface area (Å²) < 4.78 is 75.3. The normalized spacial score (nSPS) is 13.9. The van der Waals surface area contributed by atoms with E-state index in [1.165, 1.54) is 12.1 Å². The molecular formula is C13H14F6O. The van der Waals surface area contributed by atoms with Gasteiger partial charge in [0.05, 0.1) is 6.61 Å². The number of aliphatic hydroxyl groups is 1. The molecule has 0 aromatic heterocycles. The van der Waals surface area contributed by atoms with Gasteiger partial charge in [-0.25, -0.2) is 0 Å². The summed E-state index contributed by atoms with van der Waals surface area (Å²) in [4.78, 5) is 0. The van der Waals surface area contributed by atoms with Crippen molar-refractivity contribution in [2.75, 3.05) is 6.61 Å². The van der Waals surface area contributed by atoms with Gasteiger partial charge in [-0.1, -0.05) is 38.1 Å². The highest BCUT2D eigenvalue weighted by atomic mass is 19.4. The van der Waals surface area contributed by atoms with E-state index < -0.39 is 29.2 Å². The highest BCUT2D eigenvalue weighted by Gasteiger charge is 2.57. The van der Waals surface area contributed by atoms with Gasteiger partial charge in [-0.2, -0.15) is 26.3 Å². The molecule has 0 aliphatic rings. The Morgan fingerprint density at radius 1 is 0.900 bits per heavy atom. The minimum atomic E-state index is -5.40. The summed E-state index contributed by atoms with van der Waals surface area (Å²) in [6.07, 6.45) is -10.8. The van der Waals surface area contributed by atoms with Crippen LogP contribution in [0.5, 0.6) is 0 Å². The van der Waals surface area contributed by atoms with Crippen molar-refractivity contribution in [3.8, 4) is 0 Å². The van der Waals surface area contributed by atoms with Crippen molar-refractivity contribution in [1.29, 1.82) is 0 Å². The van der Waals surface area contributed by atoms with Crippen molar-refractivity contribution in [3.05, 3.63) is 35.4 Å². The summed E-state index contributed by atoms with van der Waals surface area (Å²) in [6.45, 7) is 2.99. The van der Waals surface area contributed by atoms with E-state index in [-0.39, 0.29) is 6.61 Å². The zero-order valence-electron chi connectivity index (χ0n) is 10.8. The molecule has 20 heavy (non-hydrogen) atoms. The molecule has 0 saturated carbocycles. The van der Waals surface area contributed by atoms with E-state index in [0.29, 0.717) is 5.56 Å². The molecule has 114 valence electrons. The fraction of sp³-hybridized carbons (Fsp3) is 0.538. The molecule has 0 radical (unpaired) electrons. The van der Waals surface area contributed by atoms with Gasteiger partial charge in [0, 0.05) is 5.41 Å². The lowest BCUT2D eigenvalue weighted by atomic mass is 9.84. The van der Waals surface area contributed by atoms with E-state index in [1.807, 2.05) is 0 Å². The molecule has 0 saturated heterocycles. The molecule has 0 bridgehead atoms. The largest absolute Gasteiger partial charge is 0.404 e. The second-order valence-electron chi connectivity index (χ2n) is 5.18. The number of hydrogen-bond acceptors (Lipinski definition) is 1. The zero-order valence-corrected chi connectivity index (χ0v) is 10.8. The Labute approximate surface area is 112 Å². The highest BCUT2D eigenvalue weighted by molar-refractivity contribution is 5.31. The summed E-state index contributed by atoms with van der Waals surface area (Å²) in [6, 6.07) is 3.96. The average Bonchev–Trinajstić information content (AvgIpc) is 2.26. The van der Waals surface area contributed by atoms with Crippen LogP contribution in [-0.4, -0.2) is 24.1 Å². The maximum Gasteiger partial charge on any atom is 0.404 e. The number of halogens is 6. The average molecular weight is 300 g/mol. The molecule has 0 aliphatic heterocycles. The van der Waals surface area contributed by atoms with E-state index in [0.717, 1.165) is 12.1 Å². The minimum absolute atomic E-state index is 0.270. The van der Waals surface area contributed by atoms with E-state index in [9.17, 15) is 26.3 Å². The van der Waals surface area contributed by atoms with E-state index in [4.69, 9.17) is 5.11 Å². The smallest absolute Gasteiger partial charge is 0.395 e. The van der Waals surface area contributed by atoms with Crippen molar-refractivity contribution in [2.45, 2.75) is 37.5 Å². The summed E-state index contributed by atoms with van der Waals surface area (Å²) in [5.74, 6) is -3.50. The number of benzene rings is 1. The summed E-state index contributed by atoms with van der Waals surface area (Å²) in [7, 11) is 0. The Morgan fingerprint density at radius 3 is 1.60 bits per heavy atom. The van der Waals surface area contributed by atoms with Gasteiger partial charge in [0.1, 0.15) is 0 Å². The van der Waals surface area contributed by atoms with Crippen LogP contribution >= 0.6 is 0 Å². The fourth-order valence-electron chi connectivity index (χ4n) is 1.78. The van der Waals surface area contributed by atoms with Crippen LogP contribution < -0.4 is 0 Å². The quantitative estimate of drug-likeness (QED) is 0.831. The van der Waals surface area contributed by atoms with Crippen LogP contribution in [0.3, 0.4) is 0 Å². The first-order chi connectivity index (χ1) is 8.89. The fourth-order valence-corrected chi connectivity index (χ4v) is 1.78. The number of hydrogen-bond donors (Lipinski definition) is 1. The zero-order chi connectivity index (χ0) is 15.8. The molecule has 1 nitrogen and oxygen atoms in total. The van der Waals surface area contributed by atoms with Gasteiger partial charge in [0.15, 0.2) is 5.92 Å².